The summed E-state index contributed by atoms with van der Waals surface area (Å²) in [5.74, 6) is 2.78. The molecule has 1 aromatic carbocycles. The standard InChI is InChI=1S/C12H15BrO4S/c13-10-4-12-11(16-1-2-17-12)3-8(10)6-18-7-9(15)5-14/h3-4,9,14-15H,1-2,5-7H2. The van der Waals surface area contributed by atoms with E-state index in [1.807, 2.05) is 12.1 Å². The number of aliphatic hydroxyl groups is 2. The van der Waals surface area contributed by atoms with Gasteiger partial charge in [-0.2, -0.15) is 11.8 Å². The second-order valence-electron chi connectivity index (χ2n) is 3.94. The molecule has 1 aromatic rings. The lowest BCUT2D eigenvalue weighted by molar-refractivity contribution is 0.113. The Morgan fingerprint density at radius 1 is 1.28 bits per heavy atom. The van der Waals surface area contributed by atoms with Crippen LogP contribution in [0.4, 0.5) is 0 Å². The SMILES string of the molecule is OCC(O)CSCc1cc2c(cc1Br)OCCO2. The number of hydrogen-bond donors (Lipinski definition) is 2. The molecule has 1 aliphatic heterocycles. The van der Waals surface area contributed by atoms with Crippen LogP contribution in [0.5, 0.6) is 11.5 Å². The molecule has 100 valence electrons. The Morgan fingerprint density at radius 3 is 2.61 bits per heavy atom. The first kappa shape index (κ1) is 14.0. The summed E-state index contributed by atoms with van der Waals surface area (Å²) in [4.78, 5) is 0. The molecular formula is C12H15BrO4S. The van der Waals surface area contributed by atoms with Crippen LogP contribution < -0.4 is 9.47 Å². The van der Waals surface area contributed by atoms with Crippen molar-refractivity contribution in [2.45, 2.75) is 11.9 Å². The molecule has 2 N–H and O–H groups in total. The van der Waals surface area contributed by atoms with Crippen LogP contribution in [0.2, 0.25) is 0 Å². The van der Waals surface area contributed by atoms with Crippen LogP contribution in [0.3, 0.4) is 0 Å². The highest BCUT2D eigenvalue weighted by Gasteiger charge is 2.15. The first-order valence-electron chi connectivity index (χ1n) is 5.65. The summed E-state index contributed by atoms with van der Waals surface area (Å²) in [5.41, 5.74) is 1.09. The maximum absolute atomic E-state index is 9.27. The fourth-order valence-electron chi connectivity index (χ4n) is 1.57. The topological polar surface area (TPSA) is 58.9 Å². The van der Waals surface area contributed by atoms with Gasteiger partial charge < -0.3 is 19.7 Å². The highest BCUT2D eigenvalue weighted by molar-refractivity contribution is 9.10. The van der Waals surface area contributed by atoms with E-state index < -0.39 is 6.10 Å². The Kier molecular flexibility index (Phi) is 5.17. The number of ether oxygens (including phenoxy) is 2. The molecule has 1 aliphatic rings. The molecule has 0 aliphatic carbocycles. The van der Waals surface area contributed by atoms with Crippen molar-refractivity contribution in [3.63, 3.8) is 0 Å². The van der Waals surface area contributed by atoms with Gasteiger partial charge in [0.1, 0.15) is 13.2 Å². The molecule has 0 saturated heterocycles. The van der Waals surface area contributed by atoms with Gasteiger partial charge in [-0.3, -0.25) is 0 Å². The van der Waals surface area contributed by atoms with Crippen molar-refractivity contribution in [3.8, 4) is 11.5 Å². The summed E-state index contributed by atoms with van der Waals surface area (Å²) in [5, 5.41) is 18.0. The van der Waals surface area contributed by atoms with E-state index in [4.69, 9.17) is 14.6 Å². The van der Waals surface area contributed by atoms with E-state index in [0.717, 1.165) is 27.3 Å². The normalized spacial score (nSPS) is 15.5. The van der Waals surface area contributed by atoms with Crippen molar-refractivity contribution in [1.29, 1.82) is 0 Å². The van der Waals surface area contributed by atoms with Crippen LogP contribution in [0.15, 0.2) is 16.6 Å². The molecule has 2 rings (SSSR count). The van der Waals surface area contributed by atoms with Crippen LogP contribution >= 0.6 is 27.7 Å². The van der Waals surface area contributed by atoms with Gasteiger partial charge in [-0.15, -0.1) is 0 Å². The van der Waals surface area contributed by atoms with Gasteiger partial charge in [-0.1, -0.05) is 15.9 Å². The second kappa shape index (κ2) is 6.65. The summed E-state index contributed by atoms with van der Waals surface area (Å²) < 4.78 is 12.0. The van der Waals surface area contributed by atoms with Gasteiger partial charge in [-0.05, 0) is 17.7 Å². The number of fused-ring (bicyclic) bond motifs is 1. The lowest BCUT2D eigenvalue weighted by Crippen LogP contribution is -2.16. The quantitative estimate of drug-likeness (QED) is 0.859. The average Bonchev–Trinajstić information content (AvgIpc) is 2.39. The molecule has 0 bridgehead atoms. The number of aliphatic hydroxyl groups excluding tert-OH is 2. The predicted molar refractivity (Wildman–Crippen MR) is 74.4 cm³/mol. The minimum absolute atomic E-state index is 0.199. The van der Waals surface area contributed by atoms with Crippen molar-refractivity contribution in [2.75, 3.05) is 25.6 Å². The summed E-state index contributed by atoms with van der Waals surface area (Å²) in [7, 11) is 0. The lowest BCUT2D eigenvalue weighted by atomic mass is 10.2. The molecule has 1 heterocycles. The smallest absolute Gasteiger partial charge is 0.162 e. The van der Waals surface area contributed by atoms with E-state index in [9.17, 15) is 5.11 Å². The third-order valence-corrected chi connectivity index (χ3v) is 4.36. The molecule has 1 unspecified atom stereocenters. The molecule has 6 heteroatoms. The summed E-state index contributed by atoms with van der Waals surface area (Å²) in [6, 6.07) is 3.86. The van der Waals surface area contributed by atoms with Gasteiger partial charge in [-0.25, -0.2) is 0 Å². The zero-order valence-corrected chi connectivity index (χ0v) is 12.2. The van der Waals surface area contributed by atoms with Crippen LogP contribution in [-0.4, -0.2) is 41.9 Å². The predicted octanol–water partition coefficient (Wildman–Crippen LogP) is 1.81. The first-order valence-corrected chi connectivity index (χ1v) is 7.60. The maximum Gasteiger partial charge on any atom is 0.162 e. The van der Waals surface area contributed by atoms with Gasteiger partial charge >= 0.3 is 0 Å². The molecule has 0 aromatic heterocycles. The molecule has 0 radical (unpaired) electrons. The third kappa shape index (κ3) is 3.54. The van der Waals surface area contributed by atoms with Gasteiger partial charge in [0.2, 0.25) is 0 Å². The van der Waals surface area contributed by atoms with Crippen molar-refractivity contribution in [1.82, 2.24) is 0 Å². The van der Waals surface area contributed by atoms with Crippen LogP contribution in [0, 0.1) is 0 Å². The molecule has 1 atom stereocenters. The zero-order chi connectivity index (χ0) is 13.0. The van der Waals surface area contributed by atoms with Gasteiger partial charge in [0.15, 0.2) is 11.5 Å². The largest absolute Gasteiger partial charge is 0.486 e. The number of benzene rings is 1. The summed E-state index contributed by atoms with van der Waals surface area (Å²) in [6.07, 6.45) is -0.661. The fraction of sp³-hybridized carbons (Fsp3) is 0.500. The molecule has 0 saturated carbocycles. The monoisotopic (exact) mass is 334 g/mol. The Labute approximate surface area is 118 Å². The van der Waals surface area contributed by atoms with E-state index >= 15 is 0 Å². The number of halogens is 1. The number of thioether (sulfide) groups is 1. The van der Waals surface area contributed by atoms with Gasteiger partial charge in [0, 0.05) is 16.0 Å². The van der Waals surface area contributed by atoms with Gasteiger partial charge in [0.05, 0.1) is 12.7 Å². The maximum atomic E-state index is 9.27. The average molecular weight is 335 g/mol. The Hall–Kier alpha value is -0.430. The summed E-state index contributed by atoms with van der Waals surface area (Å²) in [6.45, 7) is 0.954. The number of rotatable bonds is 5. The lowest BCUT2D eigenvalue weighted by Gasteiger charge is -2.20. The van der Waals surface area contributed by atoms with E-state index in [0.29, 0.717) is 19.0 Å². The Bertz CT molecular complexity index is 413. The van der Waals surface area contributed by atoms with E-state index in [-0.39, 0.29) is 6.61 Å². The molecule has 0 spiro atoms. The molecule has 0 fully saturated rings. The number of hydrogen-bond acceptors (Lipinski definition) is 5. The molecule has 0 amide bonds. The van der Waals surface area contributed by atoms with Crippen LogP contribution in [0.1, 0.15) is 5.56 Å². The molecule has 18 heavy (non-hydrogen) atoms. The highest BCUT2D eigenvalue weighted by atomic mass is 79.9. The minimum atomic E-state index is -0.661. The van der Waals surface area contributed by atoms with E-state index in [1.165, 1.54) is 0 Å². The fourth-order valence-corrected chi connectivity index (χ4v) is 3.18. The van der Waals surface area contributed by atoms with Crippen LogP contribution in [-0.2, 0) is 5.75 Å². The van der Waals surface area contributed by atoms with E-state index in [2.05, 4.69) is 15.9 Å². The van der Waals surface area contributed by atoms with Crippen molar-refractivity contribution in [2.24, 2.45) is 0 Å². The Morgan fingerprint density at radius 2 is 1.94 bits per heavy atom. The molecular weight excluding hydrogens is 320 g/mol. The van der Waals surface area contributed by atoms with Crippen molar-refractivity contribution < 1.29 is 19.7 Å². The van der Waals surface area contributed by atoms with Gasteiger partial charge in [0.25, 0.3) is 0 Å². The molecule has 4 nitrogen and oxygen atoms in total. The highest BCUT2D eigenvalue weighted by Crippen LogP contribution is 2.36. The third-order valence-electron chi connectivity index (χ3n) is 2.49. The van der Waals surface area contributed by atoms with Crippen molar-refractivity contribution in [3.05, 3.63) is 22.2 Å². The van der Waals surface area contributed by atoms with Crippen molar-refractivity contribution >= 4 is 27.7 Å². The first-order chi connectivity index (χ1) is 8.70. The zero-order valence-electron chi connectivity index (χ0n) is 9.76. The van der Waals surface area contributed by atoms with Crippen LogP contribution in [0.25, 0.3) is 0 Å². The minimum Gasteiger partial charge on any atom is -0.486 e. The Balaban J connectivity index is 2.00. The second-order valence-corrected chi connectivity index (χ2v) is 5.82. The van der Waals surface area contributed by atoms with E-state index in [1.54, 1.807) is 11.8 Å². The summed E-state index contributed by atoms with van der Waals surface area (Å²) >= 11 is 5.07.